The summed E-state index contributed by atoms with van der Waals surface area (Å²) < 4.78 is 47.7. The molecule has 3 aromatic rings. The number of ether oxygens (including phenoxy) is 2. The number of hydrogen-bond donors (Lipinski definition) is 0. The third kappa shape index (κ3) is 4.42. The monoisotopic (exact) mass is 377 g/mol. The van der Waals surface area contributed by atoms with Crippen molar-refractivity contribution in [1.29, 1.82) is 0 Å². The highest BCUT2D eigenvalue weighted by molar-refractivity contribution is 6.00. The standard InChI is InChI=1S/C20H18F3NO3/c1-19(2,3)27-18(25)24-12-16(15-6-4-5-7-17(15)24)13-8-10-14(11-9-13)26-20(21,22)23/h4-12H,1-3H3. The minimum Gasteiger partial charge on any atom is -0.443 e. The van der Waals surface area contributed by atoms with Crippen LogP contribution in [0.1, 0.15) is 20.8 Å². The van der Waals surface area contributed by atoms with E-state index in [2.05, 4.69) is 4.74 Å². The number of aromatic nitrogens is 1. The summed E-state index contributed by atoms with van der Waals surface area (Å²) >= 11 is 0. The molecule has 4 nitrogen and oxygen atoms in total. The van der Waals surface area contributed by atoms with E-state index >= 15 is 0 Å². The van der Waals surface area contributed by atoms with Crippen LogP contribution in [0.5, 0.6) is 5.75 Å². The molecule has 3 rings (SSSR count). The number of rotatable bonds is 2. The number of carbonyl (C=O) groups is 1. The van der Waals surface area contributed by atoms with Gasteiger partial charge in [0.15, 0.2) is 0 Å². The van der Waals surface area contributed by atoms with Crippen LogP contribution in [0.15, 0.2) is 54.7 Å². The largest absolute Gasteiger partial charge is 0.573 e. The molecule has 1 heterocycles. The lowest BCUT2D eigenvalue weighted by molar-refractivity contribution is -0.274. The molecular weight excluding hydrogens is 359 g/mol. The van der Waals surface area contributed by atoms with Crippen molar-refractivity contribution in [1.82, 2.24) is 4.57 Å². The molecule has 0 saturated heterocycles. The zero-order chi connectivity index (χ0) is 19.8. The maximum absolute atomic E-state index is 12.5. The van der Waals surface area contributed by atoms with E-state index < -0.39 is 18.1 Å². The molecule has 2 aromatic carbocycles. The Hall–Kier alpha value is -2.96. The zero-order valence-electron chi connectivity index (χ0n) is 15.0. The van der Waals surface area contributed by atoms with E-state index in [9.17, 15) is 18.0 Å². The Bertz CT molecular complexity index is 967. The third-order valence-electron chi connectivity index (χ3n) is 3.70. The molecule has 1 aromatic heterocycles. The molecule has 0 radical (unpaired) electrons. The fourth-order valence-corrected chi connectivity index (χ4v) is 2.71. The van der Waals surface area contributed by atoms with Crippen molar-refractivity contribution in [2.75, 3.05) is 0 Å². The first-order chi connectivity index (χ1) is 12.5. The Morgan fingerprint density at radius 1 is 0.963 bits per heavy atom. The summed E-state index contributed by atoms with van der Waals surface area (Å²) in [5.74, 6) is -0.304. The lowest BCUT2D eigenvalue weighted by atomic mass is 10.0. The number of para-hydroxylation sites is 1. The summed E-state index contributed by atoms with van der Waals surface area (Å²) in [6.07, 6.45) is -3.64. The number of fused-ring (bicyclic) bond motifs is 1. The second-order valence-corrected chi connectivity index (χ2v) is 6.98. The molecule has 0 amide bonds. The van der Waals surface area contributed by atoms with Crippen LogP contribution in [0.4, 0.5) is 18.0 Å². The molecular formula is C20H18F3NO3. The van der Waals surface area contributed by atoms with E-state index in [4.69, 9.17) is 4.74 Å². The Labute approximate surface area is 154 Å². The molecule has 0 aliphatic heterocycles. The SMILES string of the molecule is CC(C)(C)OC(=O)n1cc(-c2ccc(OC(F)(F)F)cc2)c2ccccc21. The lowest BCUT2D eigenvalue weighted by Crippen LogP contribution is -2.26. The van der Waals surface area contributed by atoms with Crippen LogP contribution in [0, 0.1) is 0 Å². The molecule has 0 unspecified atom stereocenters. The van der Waals surface area contributed by atoms with Gasteiger partial charge in [0.1, 0.15) is 11.4 Å². The van der Waals surface area contributed by atoms with Crippen molar-refractivity contribution in [3.05, 3.63) is 54.7 Å². The Balaban J connectivity index is 2.01. The van der Waals surface area contributed by atoms with Gasteiger partial charge in [0.25, 0.3) is 0 Å². The number of benzene rings is 2. The van der Waals surface area contributed by atoms with Crippen LogP contribution >= 0.6 is 0 Å². The minimum atomic E-state index is -4.74. The van der Waals surface area contributed by atoms with Crippen LogP contribution < -0.4 is 4.74 Å². The number of hydrogen-bond acceptors (Lipinski definition) is 3. The van der Waals surface area contributed by atoms with Crippen LogP contribution in [0.3, 0.4) is 0 Å². The van der Waals surface area contributed by atoms with E-state index in [1.165, 1.54) is 28.8 Å². The van der Waals surface area contributed by atoms with Gasteiger partial charge >= 0.3 is 12.5 Å². The Kier molecular flexibility index (Phi) is 4.63. The van der Waals surface area contributed by atoms with Gasteiger partial charge in [-0.3, -0.25) is 4.57 Å². The van der Waals surface area contributed by atoms with Gasteiger partial charge in [-0.15, -0.1) is 13.2 Å². The first-order valence-electron chi connectivity index (χ1n) is 8.23. The summed E-state index contributed by atoms with van der Waals surface area (Å²) in [7, 11) is 0. The summed E-state index contributed by atoms with van der Waals surface area (Å²) in [5.41, 5.74) is 1.36. The highest BCUT2D eigenvalue weighted by Gasteiger charge is 2.31. The van der Waals surface area contributed by atoms with E-state index in [0.29, 0.717) is 16.6 Å². The normalized spacial score (nSPS) is 12.2. The second kappa shape index (κ2) is 6.64. The van der Waals surface area contributed by atoms with Crippen molar-refractivity contribution in [3.8, 4) is 16.9 Å². The highest BCUT2D eigenvalue weighted by atomic mass is 19.4. The minimum absolute atomic E-state index is 0.304. The maximum Gasteiger partial charge on any atom is 0.573 e. The predicted octanol–water partition coefficient (Wildman–Crippen LogP) is 5.99. The smallest absolute Gasteiger partial charge is 0.443 e. The number of nitrogens with zero attached hydrogens (tertiary/aromatic N) is 1. The predicted molar refractivity (Wildman–Crippen MR) is 95.7 cm³/mol. The van der Waals surface area contributed by atoms with Gasteiger partial charge in [0.2, 0.25) is 0 Å². The zero-order valence-corrected chi connectivity index (χ0v) is 15.0. The van der Waals surface area contributed by atoms with Crippen molar-refractivity contribution in [2.24, 2.45) is 0 Å². The van der Waals surface area contributed by atoms with Gasteiger partial charge in [0.05, 0.1) is 5.52 Å². The van der Waals surface area contributed by atoms with Crippen molar-refractivity contribution in [3.63, 3.8) is 0 Å². The molecule has 27 heavy (non-hydrogen) atoms. The second-order valence-electron chi connectivity index (χ2n) is 6.98. The number of alkyl halides is 3. The van der Waals surface area contributed by atoms with Gasteiger partial charge in [-0.1, -0.05) is 30.3 Å². The van der Waals surface area contributed by atoms with Gasteiger partial charge in [-0.2, -0.15) is 0 Å². The molecule has 0 N–H and O–H groups in total. The molecule has 7 heteroatoms. The Morgan fingerprint density at radius 3 is 2.19 bits per heavy atom. The van der Waals surface area contributed by atoms with Crippen LogP contribution in [0.25, 0.3) is 22.0 Å². The summed E-state index contributed by atoms with van der Waals surface area (Å²) in [6, 6.07) is 12.8. The molecule has 0 aliphatic rings. The van der Waals surface area contributed by atoms with E-state index in [1.807, 2.05) is 12.1 Å². The van der Waals surface area contributed by atoms with Crippen LogP contribution in [-0.4, -0.2) is 22.6 Å². The fraction of sp³-hybridized carbons (Fsp3) is 0.250. The number of carbonyl (C=O) groups excluding carboxylic acids is 1. The quantitative estimate of drug-likeness (QED) is 0.551. The van der Waals surface area contributed by atoms with Crippen LogP contribution in [0.2, 0.25) is 0 Å². The molecule has 0 fully saturated rings. The first kappa shape index (κ1) is 18.8. The maximum atomic E-state index is 12.5. The molecule has 142 valence electrons. The molecule has 0 aliphatic carbocycles. The number of halogens is 3. The Morgan fingerprint density at radius 2 is 1.59 bits per heavy atom. The average molecular weight is 377 g/mol. The lowest BCUT2D eigenvalue weighted by Gasteiger charge is -2.19. The molecule has 0 bridgehead atoms. The molecule has 0 atom stereocenters. The van der Waals surface area contributed by atoms with Gasteiger partial charge in [-0.25, -0.2) is 4.79 Å². The highest BCUT2D eigenvalue weighted by Crippen LogP contribution is 2.33. The molecule has 0 spiro atoms. The van der Waals surface area contributed by atoms with Gasteiger partial charge in [-0.05, 0) is 44.5 Å². The van der Waals surface area contributed by atoms with E-state index in [1.54, 1.807) is 39.1 Å². The third-order valence-corrected chi connectivity index (χ3v) is 3.70. The summed E-state index contributed by atoms with van der Waals surface area (Å²) in [6.45, 7) is 5.32. The average Bonchev–Trinajstić information content (AvgIpc) is 2.92. The fourth-order valence-electron chi connectivity index (χ4n) is 2.71. The van der Waals surface area contributed by atoms with Gasteiger partial charge in [0, 0.05) is 17.1 Å². The van der Waals surface area contributed by atoms with Crippen molar-refractivity contribution in [2.45, 2.75) is 32.7 Å². The van der Waals surface area contributed by atoms with E-state index in [-0.39, 0.29) is 5.75 Å². The van der Waals surface area contributed by atoms with Gasteiger partial charge < -0.3 is 9.47 Å². The van der Waals surface area contributed by atoms with Crippen LogP contribution in [-0.2, 0) is 4.74 Å². The first-order valence-corrected chi connectivity index (χ1v) is 8.23. The van der Waals surface area contributed by atoms with E-state index in [0.717, 1.165) is 5.39 Å². The van der Waals surface area contributed by atoms with Crippen molar-refractivity contribution < 1.29 is 27.4 Å². The molecule has 0 saturated carbocycles. The summed E-state index contributed by atoms with van der Waals surface area (Å²) in [4.78, 5) is 12.5. The van der Waals surface area contributed by atoms with Crippen molar-refractivity contribution >= 4 is 17.0 Å². The topological polar surface area (TPSA) is 40.5 Å². The summed E-state index contributed by atoms with van der Waals surface area (Å²) in [5, 5.41) is 0.785.